The van der Waals surface area contributed by atoms with E-state index in [9.17, 15) is 4.79 Å². The highest BCUT2D eigenvalue weighted by molar-refractivity contribution is 7.09. The van der Waals surface area contributed by atoms with Crippen molar-refractivity contribution in [2.75, 3.05) is 20.1 Å². The fraction of sp³-hybridized carbons (Fsp3) is 0.692. The largest absolute Gasteiger partial charge is 0.333 e. The fourth-order valence-corrected chi connectivity index (χ4v) is 3.31. The van der Waals surface area contributed by atoms with Gasteiger partial charge in [-0.3, -0.25) is 4.79 Å². The van der Waals surface area contributed by atoms with Crippen LogP contribution in [0.3, 0.4) is 0 Å². The van der Waals surface area contributed by atoms with Gasteiger partial charge in [0.05, 0.1) is 6.04 Å². The van der Waals surface area contributed by atoms with Crippen molar-refractivity contribution in [3.63, 3.8) is 0 Å². The first-order valence-electron chi connectivity index (χ1n) is 6.58. The Balaban J connectivity index is 0.00000180. The quantitative estimate of drug-likeness (QED) is 0.917. The molecule has 1 saturated heterocycles. The Bertz CT molecular complexity index is 389. The van der Waals surface area contributed by atoms with Crippen LogP contribution in [-0.2, 0) is 4.79 Å². The number of likely N-dealkylation sites (tertiary alicyclic amines) is 1. The summed E-state index contributed by atoms with van der Waals surface area (Å²) in [6.07, 6.45) is 5.17. The number of carbonyl (C=O) groups is 1. The van der Waals surface area contributed by atoms with Crippen molar-refractivity contribution in [2.45, 2.75) is 32.2 Å². The summed E-state index contributed by atoms with van der Waals surface area (Å²) in [5, 5.41) is 6.15. The molecular weight excluding hydrogens is 317 g/mol. The van der Waals surface area contributed by atoms with E-state index >= 15 is 0 Å². The maximum Gasteiger partial charge on any atom is 0.227 e. The highest BCUT2D eigenvalue weighted by Gasteiger charge is 2.31. The van der Waals surface area contributed by atoms with Crippen LogP contribution in [0, 0.1) is 5.92 Å². The summed E-state index contributed by atoms with van der Waals surface area (Å²) < 4.78 is 0. The lowest BCUT2D eigenvalue weighted by Crippen LogP contribution is -2.43. The number of piperidine rings is 1. The van der Waals surface area contributed by atoms with Crippen LogP contribution >= 0.6 is 36.2 Å². The zero-order valence-corrected chi connectivity index (χ0v) is 14.3. The summed E-state index contributed by atoms with van der Waals surface area (Å²) in [5.74, 6) is 0.291. The summed E-state index contributed by atoms with van der Waals surface area (Å²) in [5.41, 5.74) is 0. The van der Waals surface area contributed by atoms with Crippen molar-refractivity contribution in [1.29, 1.82) is 0 Å². The van der Waals surface area contributed by atoms with Gasteiger partial charge in [0.15, 0.2) is 0 Å². The Morgan fingerprint density at radius 3 is 2.90 bits per heavy atom. The predicted octanol–water partition coefficient (Wildman–Crippen LogP) is 2.90. The topological polar surface area (TPSA) is 45.2 Å². The molecular formula is C13H23Cl2N3OS. The molecule has 0 saturated carbocycles. The number of hydrogen-bond acceptors (Lipinski definition) is 4. The molecule has 2 heterocycles. The van der Waals surface area contributed by atoms with Crippen LogP contribution in [0.25, 0.3) is 0 Å². The van der Waals surface area contributed by atoms with Crippen LogP contribution < -0.4 is 5.32 Å². The zero-order chi connectivity index (χ0) is 13.0. The van der Waals surface area contributed by atoms with Gasteiger partial charge in [0.2, 0.25) is 5.91 Å². The van der Waals surface area contributed by atoms with E-state index in [1.165, 1.54) is 6.42 Å². The van der Waals surface area contributed by atoms with Crippen LogP contribution in [0.1, 0.15) is 37.2 Å². The second-order valence-electron chi connectivity index (χ2n) is 4.87. The van der Waals surface area contributed by atoms with Crippen LogP contribution in [-0.4, -0.2) is 35.9 Å². The van der Waals surface area contributed by atoms with Crippen LogP contribution in [0.5, 0.6) is 0 Å². The SMILES string of the molecule is CNCC(C)C(=O)N1CCCCC1c1nccs1.Cl.Cl. The van der Waals surface area contributed by atoms with Crippen molar-refractivity contribution < 1.29 is 4.79 Å². The van der Waals surface area contributed by atoms with E-state index in [0.717, 1.165) is 30.9 Å². The Labute approximate surface area is 137 Å². The molecule has 20 heavy (non-hydrogen) atoms. The lowest BCUT2D eigenvalue weighted by atomic mass is 10.00. The molecule has 2 atom stereocenters. The van der Waals surface area contributed by atoms with Gasteiger partial charge in [-0.15, -0.1) is 36.2 Å². The van der Waals surface area contributed by atoms with E-state index in [1.807, 2.05) is 30.4 Å². The highest BCUT2D eigenvalue weighted by atomic mass is 35.5. The van der Waals surface area contributed by atoms with Crippen molar-refractivity contribution >= 4 is 42.1 Å². The smallest absolute Gasteiger partial charge is 0.227 e. The number of hydrogen-bond donors (Lipinski definition) is 1. The number of halogens is 2. The third kappa shape index (κ3) is 4.58. The van der Waals surface area contributed by atoms with Crippen LogP contribution in [0.4, 0.5) is 0 Å². The second-order valence-corrected chi connectivity index (χ2v) is 5.80. The lowest BCUT2D eigenvalue weighted by Gasteiger charge is -2.36. The third-order valence-electron chi connectivity index (χ3n) is 3.45. The average molecular weight is 340 g/mol. The molecule has 1 aliphatic rings. The normalized spacial score (nSPS) is 19.7. The van der Waals surface area contributed by atoms with E-state index in [1.54, 1.807) is 11.3 Å². The van der Waals surface area contributed by atoms with Gasteiger partial charge in [-0.25, -0.2) is 4.98 Å². The molecule has 2 unspecified atom stereocenters. The number of nitrogens with one attached hydrogen (secondary N) is 1. The Morgan fingerprint density at radius 2 is 2.30 bits per heavy atom. The lowest BCUT2D eigenvalue weighted by molar-refractivity contribution is -0.138. The number of rotatable bonds is 4. The van der Waals surface area contributed by atoms with Gasteiger partial charge in [-0.2, -0.15) is 0 Å². The summed E-state index contributed by atoms with van der Waals surface area (Å²) in [4.78, 5) is 18.9. The van der Waals surface area contributed by atoms with Crippen LogP contribution in [0.2, 0.25) is 0 Å². The van der Waals surface area contributed by atoms with Gasteiger partial charge < -0.3 is 10.2 Å². The molecule has 4 nitrogen and oxygen atoms in total. The predicted molar refractivity (Wildman–Crippen MR) is 88.0 cm³/mol. The molecule has 0 spiro atoms. The summed E-state index contributed by atoms with van der Waals surface area (Å²) in [6, 6.07) is 0.200. The maximum absolute atomic E-state index is 12.5. The molecule has 116 valence electrons. The minimum atomic E-state index is 0. The molecule has 1 fully saturated rings. The fourth-order valence-electron chi connectivity index (χ4n) is 2.53. The molecule has 1 aliphatic heterocycles. The first-order valence-corrected chi connectivity index (χ1v) is 7.46. The standard InChI is InChI=1S/C13H21N3OS.2ClH/c1-10(9-14-2)13(17)16-7-4-3-5-11(16)12-15-6-8-18-12;;/h6,8,10-11,14H,3-5,7,9H2,1-2H3;2*1H. The first kappa shape index (κ1) is 19.6. The summed E-state index contributed by atoms with van der Waals surface area (Å²) in [6.45, 7) is 3.60. The number of carbonyl (C=O) groups excluding carboxylic acids is 1. The van der Waals surface area contributed by atoms with Crippen molar-refractivity contribution in [1.82, 2.24) is 15.2 Å². The molecule has 0 aliphatic carbocycles. The number of nitrogens with zero attached hydrogens (tertiary/aromatic N) is 2. The highest BCUT2D eigenvalue weighted by Crippen LogP contribution is 2.32. The number of amides is 1. The van der Waals surface area contributed by atoms with Gasteiger partial charge in [0.25, 0.3) is 0 Å². The van der Waals surface area contributed by atoms with Crippen molar-refractivity contribution in [3.8, 4) is 0 Å². The molecule has 0 bridgehead atoms. The van der Waals surface area contributed by atoms with Gasteiger partial charge in [-0.05, 0) is 26.3 Å². The van der Waals surface area contributed by atoms with Crippen molar-refractivity contribution in [3.05, 3.63) is 16.6 Å². The summed E-state index contributed by atoms with van der Waals surface area (Å²) >= 11 is 1.66. The van der Waals surface area contributed by atoms with Gasteiger partial charge in [0.1, 0.15) is 5.01 Å². The number of aromatic nitrogens is 1. The monoisotopic (exact) mass is 339 g/mol. The Hall–Kier alpha value is -0.360. The average Bonchev–Trinajstić information content (AvgIpc) is 2.92. The van der Waals surface area contributed by atoms with E-state index in [0.29, 0.717) is 0 Å². The minimum Gasteiger partial charge on any atom is -0.333 e. The Kier molecular flexibility index (Phi) is 9.38. The minimum absolute atomic E-state index is 0. The van der Waals surface area contributed by atoms with E-state index in [4.69, 9.17) is 0 Å². The van der Waals surface area contributed by atoms with Gasteiger partial charge >= 0.3 is 0 Å². The summed E-state index contributed by atoms with van der Waals surface area (Å²) in [7, 11) is 1.89. The molecule has 1 aromatic heterocycles. The molecule has 2 rings (SSSR count). The maximum atomic E-state index is 12.5. The molecule has 1 N–H and O–H groups in total. The molecule has 1 aromatic rings. The van der Waals surface area contributed by atoms with Gasteiger partial charge in [-0.1, -0.05) is 6.92 Å². The van der Waals surface area contributed by atoms with Gasteiger partial charge in [0, 0.05) is 30.6 Å². The van der Waals surface area contributed by atoms with Crippen molar-refractivity contribution in [2.24, 2.45) is 5.92 Å². The zero-order valence-electron chi connectivity index (χ0n) is 11.9. The molecule has 0 aromatic carbocycles. The molecule has 1 amide bonds. The molecule has 7 heteroatoms. The molecule has 0 radical (unpaired) electrons. The first-order chi connectivity index (χ1) is 8.74. The van der Waals surface area contributed by atoms with E-state index in [-0.39, 0.29) is 42.7 Å². The van der Waals surface area contributed by atoms with E-state index < -0.39 is 0 Å². The van der Waals surface area contributed by atoms with E-state index in [2.05, 4.69) is 10.3 Å². The Morgan fingerprint density at radius 1 is 1.55 bits per heavy atom. The number of thiazole rings is 1. The third-order valence-corrected chi connectivity index (χ3v) is 4.33. The van der Waals surface area contributed by atoms with Crippen LogP contribution in [0.15, 0.2) is 11.6 Å². The second kappa shape index (κ2) is 9.55.